The van der Waals surface area contributed by atoms with E-state index in [4.69, 9.17) is 0 Å². The third-order valence-corrected chi connectivity index (χ3v) is 5.69. The van der Waals surface area contributed by atoms with E-state index in [9.17, 15) is 4.79 Å². The van der Waals surface area contributed by atoms with Gasteiger partial charge in [-0.05, 0) is 23.3 Å². The molecule has 1 aliphatic heterocycles. The normalized spacial score (nSPS) is 15.9. The Morgan fingerprint density at radius 2 is 1.83 bits per heavy atom. The Balaban J connectivity index is 1.47. The van der Waals surface area contributed by atoms with Gasteiger partial charge in [-0.15, -0.1) is 10.2 Å². The van der Waals surface area contributed by atoms with Crippen molar-refractivity contribution in [1.82, 2.24) is 25.0 Å². The van der Waals surface area contributed by atoms with Crippen LogP contribution >= 0.6 is 0 Å². The first-order valence-electron chi connectivity index (χ1n) is 10.4. The standard InChI is InChI=1S/C23H29N5O/c1-16(2)23(29)24-17(3)22-26-25-21-11-12-27(13-14-28(21)22)15-19-9-6-8-18-7-4-5-10-20(18)19/h4-10,16-17H,11-15H2,1-3H3,(H,24,29)/t17-/m1/s1. The lowest BCUT2D eigenvalue weighted by Crippen LogP contribution is -2.32. The summed E-state index contributed by atoms with van der Waals surface area (Å²) in [5.74, 6) is 1.85. The number of rotatable bonds is 5. The minimum atomic E-state index is -0.143. The molecule has 1 aliphatic rings. The van der Waals surface area contributed by atoms with Crippen LogP contribution in [-0.2, 0) is 24.3 Å². The van der Waals surface area contributed by atoms with Crippen molar-refractivity contribution in [2.45, 2.75) is 46.3 Å². The molecule has 1 N–H and O–H groups in total. The molecule has 2 heterocycles. The molecule has 0 unspecified atom stereocenters. The largest absolute Gasteiger partial charge is 0.346 e. The van der Waals surface area contributed by atoms with E-state index in [-0.39, 0.29) is 17.9 Å². The molecule has 6 nitrogen and oxygen atoms in total. The Morgan fingerprint density at radius 1 is 1.03 bits per heavy atom. The smallest absolute Gasteiger partial charge is 0.223 e. The highest BCUT2D eigenvalue weighted by atomic mass is 16.1. The summed E-state index contributed by atoms with van der Waals surface area (Å²) in [4.78, 5) is 14.6. The molecule has 152 valence electrons. The van der Waals surface area contributed by atoms with Crippen molar-refractivity contribution in [1.29, 1.82) is 0 Å². The van der Waals surface area contributed by atoms with Crippen LogP contribution in [0.3, 0.4) is 0 Å². The molecule has 0 saturated carbocycles. The van der Waals surface area contributed by atoms with Crippen LogP contribution in [0.25, 0.3) is 10.8 Å². The molecule has 1 atom stereocenters. The van der Waals surface area contributed by atoms with Crippen LogP contribution in [0.2, 0.25) is 0 Å². The van der Waals surface area contributed by atoms with Gasteiger partial charge in [0.25, 0.3) is 0 Å². The third kappa shape index (κ3) is 4.17. The number of carbonyl (C=O) groups is 1. The number of amides is 1. The molecule has 3 aromatic rings. The summed E-state index contributed by atoms with van der Waals surface area (Å²) in [5, 5.41) is 14.5. The lowest BCUT2D eigenvalue weighted by Gasteiger charge is -2.21. The van der Waals surface area contributed by atoms with Crippen LogP contribution in [0.1, 0.15) is 44.0 Å². The highest BCUT2D eigenvalue weighted by molar-refractivity contribution is 5.85. The Kier molecular flexibility index (Phi) is 5.62. The molecule has 6 heteroatoms. The Bertz CT molecular complexity index is 1000. The summed E-state index contributed by atoms with van der Waals surface area (Å²) in [6, 6.07) is 15.0. The lowest BCUT2D eigenvalue weighted by molar-refractivity contribution is -0.124. The molecule has 0 bridgehead atoms. The zero-order chi connectivity index (χ0) is 20.4. The highest BCUT2D eigenvalue weighted by Crippen LogP contribution is 2.22. The number of nitrogens with zero attached hydrogens (tertiary/aromatic N) is 4. The molecule has 0 fully saturated rings. The highest BCUT2D eigenvalue weighted by Gasteiger charge is 2.23. The number of fused-ring (bicyclic) bond motifs is 2. The molecule has 0 aliphatic carbocycles. The molecule has 4 rings (SSSR count). The molecule has 1 aromatic heterocycles. The molecular formula is C23H29N5O. The molecule has 29 heavy (non-hydrogen) atoms. The SMILES string of the molecule is CC(C)C(=O)N[C@H](C)c1nnc2n1CCN(Cc1cccc3ccccc13)CC2. The third-order valence-electron chi connectivity index (χ3n) is 5.69. The minimum Gasteiger partial charge on any atom is -0.346 e. The van der Waals surface area contributed by atoms with Gasteiger partial charge < -0.3 is 9.88 Å². The molecule has 0 saturated heterocycles. The fraction of sp³-hybridized carbons (Fsp3) is 0.435. The number of benzene rings is 2. The lowest BCUT2D eigenvalue weighted by atomic mass is 10.0. The van der Waals surface area contributed by atoms with Crippen molar-refractivity contribution < 1.29 is 4.79 Å². The average molecular weight is 392 g/mol. The van der Waals surface area contributed by atoms with Crippen LogP contribution in [0.4, 0.5) is 0 Å². The number of hydrogen-bond acceptors (Lipinski definition) is 4. The van der Waals surface area contributed by atoms with E-state index in [1.165, 1.54) is 16.3 Å². The van der Waals surface area contributed by atoms with E-state index < -0.39 is 0 Å². The zero-order valence-corrected chi connectivity index (χ0v) is 17.4. The second kappa shape index (κ2) is 8.33. The maximum atomic E-state index is 12.1. The summed E-state index contributed by atoms with van der Waals surface area (Å²) in [5.41, 5.74) is 1.36. The maximum Gasteiger partial charge on any atom is 0.223 e. The van der Waals surface area contributed by atoms with Crippen molar-refractivity contribution in [2.75, 3.05) is 13.1 Å². The monoisotopic (exact) mass is 391 g/mol. The van der Waals surface area contributed by atoms with Crippen LogP contribution in [-0.4, -0.2) is 38.7 Å². The van der Waals surface area contributed by atoms with Gasteiger partial charge in [-0.2, -0.15) is 0 Å². The Hall–Kier alpha value is -2.73. The summed E-state index contributed by atoms with van der Waals surface area (Å²) in [6.07, 6.45) is 0.864. The predicted molar refractivity (Wildman–Crippen MR) is 114 cm³/mol. The molecule has 0 spiro atoms. The fourth-order valence-corrected chi connectivity index (χ4v) is 3.98. The summed E-state index contributed by atoms with van der Waals surface area (Å²) in [6.45, 7) is 9.44. The second-order valence-corrected chi connectivity index (χ2v) is 8.18. The van der Waals surface area contributed by atoms with Gasteiger partial charge in [0.15, 0.2) is 5.82 Å². The van der Waals surface area contributed by atoms with Crippen LogP contribution < -0.4 is 5.32 Å². The van der Waals surface area contributed by atoms with Gasteiger partial charge in [-0.3, -0.25) is 9.69 Å². The van der Waals surface area contributed by atoms with Gasteiger partial charge in [0, 0.05) is 38.5 Å². The zero-order valence-electron chi connectivity index (χ0n) is 17.4. The molecular weight excluding hydrogens is 362 g/mol. The van der Waals surface area contributed by atoms with Crippen molar-refractivity contribution in [3.8, 4) is 0 Å². The van der Waals surface area contributed by atoms with Gasteiger partial charge in [-0.25, -0.2) is 0 Å². The van der Waals surface area contributed by atoms with E-state index in [1.807, 2.05) is 20.8 Å². The maximum absolute atomic E-state index is 12.1. The van der Waals surface area contributed by atoms with Gasteiger partial charge in [0.05, 0.1) is 6.04 Å². The van der Waals surface area contributed by atoms with Gasteiger partial charge in [-0.1, -0.05) is 56.3 Å². The van der Waals surface area contributed by atoms with E-state index in [0.29, 0.717) is 0 Å². The number of nitrogens with one attached hydrogen (secondary N) is 1. The summed E-state index contributed by atoms with van der Waals surface area (Å²) < 4.78 is 2.19. The predicted octanol–water partition coefficient (Wildman–Crippen LogP) is 3.32. The average Bonchev–Trinajstić information content (AvgIpc) is 3.03. The minimum absolute atomic E-state index is 0.0415. The molecule has 2 aromatic carbocycles. The second-order valence-electron chi connectivity index (χ2n) is 8.18. The molecule has 0 radical (unpaired) electrons. The molecule has 1 amide bonds. The first-order valence-corrected chi connectivity index (χ1v) is 10.4. The van der Waals surface area contributed by atoms with Crippen molar-refractivity contribution in [3.05, 3.63) is 59.7 Å². The van der Waals surface area contributed by atoms with Gasteiger partial charge in [0.2, 0.25) is 5.91 Å². The summed E-state index contributed by atoms with van der Waals surface area (Å²) in [7, 11) is 0. The first kappa shape index (κ1) is 19.6. The van der Waals surface area contributed by atoms with Crippen LogP contribution in [0, 0.1) is 5.92 Å². The van der Waals surface area contributed by atoms with E-state index in [1.54, 1.807) is 0 Å². The van der Waals surface area contributed by atoms with Crippen molar-refractivity contribution in [2.24, 2.45) is 5.92 Å². The Morgan fingerprint density at radius 3 is 2.66 bits per heavy atom. The van der Waals surface area contributed by atoms with Crippen molar-refractivity contribution in [3.63, 3.8) is 0 Å². The topological polar surface area (TPSA) is 63.1 Å². The van der Waals surface area contributed by atoms with Gasteiger partial charge >= 0.3 is 0 Å². The Labute approximate surface area is 171 Å². The fourth-order valence-electron chi connectivity index (χ4n) is 3.98. The van der Waals surface area contributed by atoms with E-state index in [0.717, 1.165) is 44.2 Å². The number of carbonyl (C=O) groups excluding carboxylic acids is 1. The van der Waals surface area contributed by atoms with Crippen LogP contribution in [0.5, 0.6) is 0 Å². The summed E-state index contributed by atoms with van der Waals surface area (Å²) >= 11 is 0. The van der Waals surface area contributed by atoms with E-state index in [2.05, 4.69) is 67.4 Å². The number of aromatic nitrogens is 3. The number of hydrogen-bond donors (Lipinski definition) is 1. The quantitative estimate of drug-likeness (QED) is 0.725. The van der Waals surface area contributed by atoms with Crippen molar-refractivity contribution >= 4 is 16.7 Å². The van der Waals surface area contributed by atoms with E-state index >= 15 is 0 Å². The van der Waals surface area contributed by atoms with Gasteiger partial charge in [0.1, 0.15) is 5.82 Å². The van der Waals surface area contributed by atoms with Crippen LogP contribution in [0.15, 0.2) is 42.5 Å². The first-order chi connectivity index (χ1) is 14.0.